The maximum atomic E-state index is 11.4. The Hall–Kier alpha value is -2.08. The molecule has 106 valence electrons. The van der Waals surface area contributed by atoms with Crippen molar-refractivity contribution in [3.63, 3.8) is 0 Å². The van der Waals surface area contributed by atoms with Gasteiger partial charge < -0.3 is 15.3 Å². The largest absolute Gasteiger partial charge is 0.508 e. The van der Waals surface area contributed by atoms with Gasteiger partial charge in [0.2, 0.25) is 0 Å². The molecule has 2 aromatic rings. The Morgan fingerprint density at radius 2 is 2.05 bits per heavy atom. The number of phenols is 1. The topological polar surface area (TPSA) is 65.5 Å². The zero-order valence-corrected chi connectivity index (χ0v) is 12.3. The molecule has 5 nitrogen and oxygen atoms in total. The minimum atomic E-state index is -0.0969. The van der Waals surface area contributed by atoms with Crippen LogP contribution in [-0.4, -0.2) is 41.7 Å². The molecule has 0 unspecified atom stereocenters. The van der Waals surface area contributed by atoms with Gasteiger partial charge >= 0.3 is 6.03 Å². The molecule has 0 bridgehead atoms. The number of thiazole rings is 1. The van der Waals surface area contributed by atoms with Crippen LogP contribution in [0.1, 0.15) is 5.01 Å². The molecule has 1 aromatic heterocycles. The predicted octanol–water partition coefficient (Wildman–Crippen LogP) is 2.33. The summed E-state index contributed by atoms with van der Waals surface area (Å²) in [5.74, 6) is 0.246. The lowest BCUT2D eigenvalue weighted by Gasteiger charge is -2.10. The molecule has 0 spiro atoms. The van der Waals surface area contributed by atoms with Crippen LogP contribution in [0.4, 0.5) is 4.79 Å². The van der Waals surface area contributed by atoms with E-state index in [1.54, 1.807) is 37.6 Å². The first kappa shape index (κ1) is 14.3. The fourth-order valence-electron chi connectivity index (χ4n) is 1.62. The van der Waals surface area contributed by atoms with Crippen molar-refractivity contribution in [2.24, 2.45) is 0 Å². The SMILES string of the molecule is CN(C)C(=O)NCCc1nc(-c2ccc(O)cc2)cs1. The molecule has 2 N–H and O–H groups in total. The third kappa shape index (κ3) is 3.71. The number of nitrogens with zero attached hydrogens (tertiary/aromatic N) is 2. The van der Waals surface area contributed by atoms with E-state index >= 15 is 0 Å². The van der Waals surface area contributed by atoms with Gasteiger partial charge in [0.05, 0.1) is 10.7 Å². The number of nitrogens with one attached hydrogen (secondary N) is 1. The van der Waals surface area contributed by atoms with Crippen molar-refractivity contribution in [1.29, 1.82) is 0 Å². The number of urea groups is 1. The summed E-state index contributed by atoms with van der Waals surface area (Å²) in [7, 11) is 3.42. The highest BCUT2D eigenvalue weighted by atomic mass is 32.1. The van der Waals surface area contributed by atoms with E-state index in [1.165, 1.54) is 4.90 Å². The second-order valence-corrected chi connectivity index (χ2v) is 5.49. The third-order valence-electron chi connectivity index (χ3n) is 2.74. The lowest BCUT2D eigenvalue weighted by molar-refractivity contribution is 0.217. The summed E-state index contributed by atoms with van der Waals surface area (Å²) in [5, 5.41) is 15.0. The first-order valence-electron chi connectivity index (χ1n) is 6.25. The van der Waals surface area contributed by atoms with Crippen molar-refractivity contribution in [3.05, 3.63) is 34.7 Å². The molecule has 1 heterocycles. The predicted molar refractivity (Wildman–Crippen MR) is 80.0 cm³/mol. The van der Waals surface area contributed by atoms with Gasteiger partial charge in [0, 0.05) is 38.0 Å². The number of aromatic hydroxyl groups is 1. The Bertz CT molecular complexity index is 578. The Labute approximate surface area is 121 Å². The van der Waals surface area contributed by atoms with Gasteiger partial charge in [0.1, 0.15) is 5.75 Å². The van der Waals surface area contributed by atoms with E-state index in [0.717, 1.165) is 16.3 Å². The first-order chi connectivity index (χ1) is 9.56. The van der Waals surface area contributed by atoms with E-state index in [4.69, 9.17) is 0 Å². The fourth-order valence-corrected chi connectivity index (χ4v) is 2.43. The maximum Gasteiger partial charge on any atom is 0.316 e. The molecular weight excluding hydrogens is 274 g/mol. The molecule has 0 saturated heterocycles. The maximum absolute atomic E-state index is 11.4. The summed E-state index contributed by atoms with van der Waals surface area (Å²) < 4.78 is 0. The van der Waals surface area contributed by atoms with Crippen molar-refractivity contribution in [2.75, 3.05) is 20.6 Å². The number of carbonyl (C=O) groups is 1. The van der Waals surface area contributed by atoms with Crippen LogP contribution in [0.3, 0.4) is 0 Å². The van der Waals surface area contributed by atoms with Gasteiger partial charge in [-0.05, 0) is 24.3 Å². The van der Waals surface area contributed by atoms with Gasteiger partial charge in [0.25, 0.3) is 0 Å². The molecule has 2 amide bonds. The minimum Gasteiger partial charge on any atom is -0.508 e. The number of amides is 2. The third-order valence-corrected chi connectivity index (χ3v) is 3.64. The lowest BCUT2D eigenvalue weighted by Crippen LogP contribution is -2.35. The van der Waals surface area contributed by atoms with Crippen LogP contribution >= 0.6 is 11.3 Å². The summed E-state index contributed by atoms with van der Waals surface area (Å²) in [6.07, 6.45) is 0.711. The average molecular weight is 291 g/mol. The fraction of sp³-hybridized carbons (Fsp3) is 0.286. The number of hydrogen-bond acceptors (Lipinski definition) is 4. The number of rotatable bonds is 4. The van der Waals surface area contributed by atoms with Crippen LogP contribution in [0.5, 0.6) is 5.75 Å². The zero-order chi connectivity index (χ0) is 14.5. The first-order valence-corrected chi connectivity index (χ1v) is 7.13. The quantitative estimate of drug-likeness (QED) is 0.908. The Morgan fingerprint density at radius 3 is 2.70 bits per heavy atom. The van der Waals surface area contributed by atoms with Crippen LogP contribution < -0.4 is 5.32 Å². The smallest absolute Gasteiger partial charge is 0.316 e. The average Bonchev–Trinajstić information content (AvgIpc) is 2.88. The summed E-state index contributed by atoms with van der Waals surface area (Å²) >= 11 is 1.57. The van der Waals surface area contributed by atoms with Crippen LogP contribution in [0, 0.1) is 0 Å². The molecule has 0 aliphatic carbocycles. The number of benzene rings is 1. The van der Waals surface area contributed by atoms with E-state index < -0.39 is 0 Å². The molecule has 1 aromatic carbocycles. The van der Waals surface area contributed by atoms with Crippen LogP contribution in [0.15, 0.2) is 29.6 Å². The summed E-state index contributed by atoms with van der Waals surface area (Å²) in [6.45, 7) is 0.569. The van der Waals surface area contributed by atoms with Crippen molar-refractivity contribution >= 4 is 17.4 Å². The Balaban J connectivity index is 1.92. The number of aromatic nitrogens is 1. The molecule has 0 radical (unpaired) electrons. The molecule has 0 atom stereocenters. The summed E-state index contributed by atoms with van der Waals surface area (Å²) in [5.41, 5.74) is 1.87. The number of phenolic OH excluding ortho intramolecular Hbond substituents is 1. The highest BCUT2D eigenvalue weighted by Crippen LogP contribution is 2.23. The standard InChI is InChI=1S/C14H17N3O2S/c1-17(2)14(19)15-8-7-13-16-12(9-20-13)10-3-5-11(18)6-4-10/h3-6,9,18H,7-8H2,1-2H3,(H,15,19). The van der Waals surface area contributed by atoms with E-state index in [1.807, 2.05) is 17.5 Å². The highest BCUT2D eigenvalue weighted by Gasteiger charge is 2.06. The molecule has 0 fully saturated rings. The second kappa shape index (κ2) is 6.38. The normalized spacial score (nSPS) is 10.3. The van der Waals surface area contributed by atoms with E-state index in [-0.39, 0.29) is 11.8 Å². The van der Waals surface area contributed by atoms with Crippen molar-refractivity contribution in [3.8, 4) is 17.0 Å². The van der Waals surface area contributed by atoms with E-state index in [0.29, 0.717) is 13.0 Å². The minimum absolute atomic E-state index is 0.0969. The van der Waals surface area contributed by atoms with E-state index in [2.05, 4.69) is 10.3 Å². The van der Waals surface area contributed by atoms with Gasteiger partial charge in [-0.3, -0.25) is 0 Å². The molecule has 0 aliphatic rings. The number of hydrogen-bond donors (Lipinski definition) is 2. The summed E-state index contributed by atoms with van der Waals surface area (Å²) in [4.78, 5) is 17.4. The van der Waals surface area contributed by atoms with Crippen LogP contribution in [-0.2, 0) is 6.42 Å². The molecule has 20 heavy (non-hydrogen) atoms. The molecule has 0 saturated carbocycles. The van der Waals surface area contributed by atoms with Gasteiger partial charge in [-0.2, -0.15) is 0 Å². The zero-order valence-electron chi connectivity index (χ0n) is 11.5. The van der Waals surface area contributed by atoms with Crippen LogP contribution in [0.2, 0.25) is 0 Å². The highest BCUT2D eigenvalue weighted by molar-refractivity contribution is 7.09. The van der Waals surface area contributed by atoms with E-state index in [9.17, 15) is 9.90 Å². The van der Waals surface area contributed by atoms with Gasteiger partial charge in [0.15, 0.2) is 0 Å². The number of carbonyl (C=O) groups excluding carboxylic acids is 1. The molecule has 0 aliphatic heterocycles. The Kier molecular flexibility index (Phi) is 4.57. The van der Waals surface area contributed by atoms with Gasteiger partial charge in [-0.25, -0.2) is 9.78 Å². The van der Waals surface area contributed by atoms with Crippen LogP contribution in [0.25, 0.3) is 11.3 Å². The van der Waals surface area contributed by atoms with Crippen molar-refractivity contribution in [1.82, 2.24) is 15.2 Å². The molecular formula is C14H17N3O2S. The van der Waals surface area contributed by atoms with Crippen molar-refractivity contribution in [2.45, 2.75) is 6.42 Å². The van der Waals surface area contributed by atoms with Gasteiger partial charge in [-0.1, -0.05) is 0 Å². The summed E-state index contributed by atoms with van der Waals surface area (Å²) in [6, 6.07) is 6.86. The molecule has 2 rings (SSSR count). The van der Waals surface area contributed by atoms with Crippen molar-refractivity contribution < 1.29 is 9.90 Å². The second-order valence-electron chi connectivity index (χ2n) is 4.55. The van der Waals surface area contributed by atoms with Gasteiger partial charge in [-0.15, -0.1) is 11.3 Å². The lowest BCUT2D eigenvalue weighted by atomic mass is 10.2. The molecule has 6 heteroatoms. The monoisotopic (exact) mass is 291 g/mol. The Morgan fingerprint density at radius 1 is 1.35 bits per heavy atom.